The van der Waals surface area contributed by atoms with Crippen molar-refractivity contribution in [3.63, 3.8) is 0 Å². The molecule has 0 amide bonds. The second kappa shape index (κ2) is 10.2. The molecule has 0 aliphatic carbocycles. The first-order valence-electron chi connectivity index (χ1n) is 10.1. The van der Waals surface area contributed by atoms with Crippen molar-refractivity contribution < 1.29 is 13.5 Å². The number of anilines is 1. The minimum Gasteiger partial charge on any atom is -0.383 e. The maximum atomic E-state index is 13.7. The van der Waals surface area contributed by atoms with Crippen molar-refractivity contribution in [3.05, 3.63) is 47.4 Å². The number of benzene rings is 1. The number of rotatable bonds is 10. The van der Waals surface area contributed by atoms with Gasteiger partial charge in [0.2, 0.25) is 0 Å². The first-order chi connectivity index (χ1) is 14.4. The number of hydrogen-bond acceptors (Lipinski definition) is 5. The van der Waals surface area contributed by atoms with Crippen LogP contribution in [0.25, 0.3) is 11.0 Å². The Bertz CT molecular complexity index is 1010. The van der Waals surface area contributed by atoms with E-state index in [1.54, 1.807) is 7.11 Å². The monoisotopic (exact) mass is 434 g/mol. The second-order valence-electron chi connectivity index (χ2n) is 7.44. The fourth-order valence-electron chi connectivity index (χ4n) is 3.61. The van der Waals surface area contributed by atoms with Gasteiger partial charge in [-0.1, -0.05) is 12.8 Å². The maximum absolute atomic E-state index is 13.7. The number of halogens is 2. The van der Waals surface area contributed by atoms with Gasteiger partial charge in [-0.3, -0.25) is 0 Å². The molecule has 1 aromatic carbocycles. The summed E-state index contributed by atoms with van der Waals surface area (Å²) in [4.78, 5) is 9.35. The number of hydrogen-bond donors (Lipinski definition) is 1. The van der Waals surface area contributed by atoms with Crippen LogP contribution in [0.3, 0.4) is 0 Å². The van der Waals surface area contributed by atoms with Gasteiger partial charge < -0.3 is 15.0 Å². The van der Waals surface area contributed by atoms with Crippen LogP contribution in [0, 0.1) is 25.5 Å². The standard InChI is InChI=1S/C22H28F2N4OS/c1-14-15(2)27-22(25)20-21(14)28(13-26-20)17(12-29-3)7-5-4-6-10-30-19-9-8-16(23)11-18(19)24/h8-9,11,13,17H,4-7,10,12H2,1-3H3,(H2,25,27). The summed E-state index contributed by atoms with van der Waals surface area (Å²) >= 11 is 1.43. The number of nitrogens with zero attached hydrogens (tertiary/aromatic N) is 3. The fraction of sp³-hybridized carbons (Fsp3) is 0.455. The summed E-state index contributed by atoms with van der Waals surface area (Å²) in [6, 6.07) is 3.88. The molecule has 3 aromatic rings. The Morgan fingerprint density at radius 3 is 2.73 bits per heavy atom. The first-order valence-corrected chi connectivity index (χ1v) is 11.1. The Balaban J connectivity index is 1.57. The molecule has 0 saturated heterocycles. The molecule has 162 valence electrons. The van der Waals surface area contributed by atoms with Crippen LogP contribution in [0.1, 0.15) is 43.0 Å². The summed E-state index contributed by atoms with van der Waals surface area (Å²) in [5, 5.41) is 0. The third-order valence-corrected chi connectivity index (χ3v) is 6.44. The van der Waals surface area contributed by atoms with Gasteiger partial charge in [-0.15, -0.1) is 11.8 Å². The lowest BCUT2D eigenvalue weighted by Crippen LogP contribution is -2.15. The van der Waals surface area contributed by atoms with E-state index < -0.39 is 11.6 Å². The molecule has 0 aliphatic rings. The van der Waals surface area contributed by atoms with Gasteiger partial charge in [0.05, 0.1) is 24.5 Å². The van der Waals surface area contributed by atoms with E-state index in [0.717, 1.165) is 59.8 Å². The molecule has 8 heteroatoms. The van der Waals surface area contributed by atoms with E-state index in [-0.39, 0.29) is 6.04 Å². The zero-order valence-corrected chi connectivity index (χ0v) is 18.4. The molecule has 0 saturated carbocycles. The first kappa shape index (κ1) is 22.5. The van der Waals surface area contributed by atoms with E-state index in [1.165, 1.54) is 23.9 Å². The molecule has 5 nitrogen and oxygen atoms in total. The van der Waals surface area contributed by atoms with Crippen LogP contribution in [0.5, 0.6) is 0 Å². The van der Waals surface area contributed by atoms with Crippen LogP contribution < -0.4 is 5.73 Å². The number of fused-ring (bicyclic) bond motifs is 1. The van der Waals surface area contributed by atoms with Gasteiger partial charge in [-0.25, -0.2) is 18.7 Å². The van der Waals surface area contributed by atoms with Crippen LogP contribution in [0.4, 0.5) is 14.6 Å². The number of nitrogens with two attached hydrogens (primary N) is 1. The predicted molar refractivity (Wildman–Crippen MR) is 118 cm³/mol. The number of aromatic nitrogens is 3. The highest BCUT2D eigenvalue weighted by molar-refractivity contribution is 7.99. The van der Waals surface area contributed by atoms with Gasteiger partial charge in [0, 0.05) is 23.8 Å². The number of unbranched alkanes of at least 4 members (excludes halogenated alkanes) is 2. The summed E-state index contributed by atoms with van der Waals surface area (Å²) in [5.41, 5.74) is 9.80. The Morgan fingerprint density at radius 2 is 2.00 bits per heavy atom. The largest absolute Gasteiger partial charge is 0.383 e. The van der Waals surface area contributed by atoms with Crippen molar-refractivity contribution in [3.8, 4) is 0 Å². The molecular weight excluding hydrogens is 406 g/mol. The highest BCUT2D eigenvalue weighted by Gasteiger charge is 2.18. The van der Waals surface area contributed by atoms with Gasteiger partial charge in [0.15, 0.2) is 5.82 Å². The third-order valence-electron chi connectivity index (χ3n) is 5.31. The summed E-state index contributed by atoms with van der Waals surface area (Å²) < 4.78 is 34.3. The van der Waals surface area contributed by atoms with Gasteiger partial charge in [-0.2, -0.15) is 0 Å². The minimum absolute atomic E-state index is 0.155. The van der Waals surface area contributed by atoms with E-state index in [1.807, 2.05) is 20.2 Å². The number of methoxy groups -OCH3 is 1. The Hall–Kier alpha value is -2.19. The van der Waals surface area contributed by atoms with Crippen molar-refractivity contribution in [2.24, 2.45) is 0 Å². The second-order valence-corrected chi connectivity index (χ2v) is 8.57. The zero-order chi connectivity index (χ0) is 21.7. The average Bonchev–Trinajstić information content (AvgIpc) is 3.15. The topological polar surface area (TPSA) is 66.0 Å². The lowest BCUT2D eigenvalue weighted by Gasteiger charge is -2.20. The van der Waals surface area contributed by atoms with Crippen molar-refractivity contribution in [1.29, 1.82) is 0 Å². The molecule has 30 heavy (non-hydrogen) atoms. The van der Waals surface area contributed by atoms with E-state index in [2.05, 4.69) is 14.5 Å². The lowest BCUT2D eigenvalue weighted by molar-refractivity contribution is 0.151. The van der Waals surface area contributed by atoms with E-state index in [9.17, 15) is 8.78 Å². The van der Waals surface area contributed by atoms with Gasteiger partial charge in [0.1, 0.15) is 17.2 Å². The molecule has 0 fully saturated rings. The smallest absolute Gasteiger partial charge is 0.151 e. The van der Waals surface area contributed by atoms with Crippen LogP contribution in [-0.2, 0) is 4.74 Å². The van der Waals surface area contributed by atoms with Crippen molar-refractivity contribution in [2.45, 2.75) is 50.5 Å². The number of pyridine rings is 1. The minimum atomic E-state index is -0.545. The van der Waals surface area contributed by atoms with Crippen LogP contribution >= 0.6 is 11.8 Å². The Labute approximate surface area is 180 Å². The zero-order valence-electron chi connectivity index (χ0n) is 17.6. The normalized spacial score (nSPS) is 12.6. The number of ether oxygens (including phenoxy) is 1. The number of nitrogen functional groups attached to an aromatic ring is 1. The number of thioether (sulfide) groups is 1. The van der Waals surface area contributed by atoms with Gasteiger partial charge in [-0.05, 0) is 50.1 Å². The molecule has 1 unspecified atom stereocenters. The molecule has 0 spiro atoms. The number of aryl methyl sites for hydroxylation is 2. The van der Waals surface area contributed by atoms with E-state index in [0.29, 0.717) is 17.3 Å². The van der Waals surface area contributed by atoms with Crippen LogP contribution in [0.15, 0.2) is 29.4 Å². The summed E-state index contributed by atoms with van der Waals surface area (Å²) in [6.45, 7) is 4.58. The van der Waals surface area contributed by atoms with Crippen LogP contribution in [-0.4, -0.2) is 34.0 Å². The van der Waals surface area contributed by atoms with Crippen molar-refractivity contribution >= 4 is 28.6 Å². The number of imidazole rings is 1. The molecule has 2 N–H and O–H groups in total. The van der Waals surface area contributed by atoms with Crippen molar-refractivity contribution in [1.82, 2.24) is 14.5 Å². The molecule has 2 aromatic heterocycles. The fourth-order valence-corrected chi connectivity index (χ4v) is 4.54. The molecular formula is C22H28F2N4OS. The highest BCUT2D eigenvalue weighted by Crippen LogP contribution is 2.29. The SMILES string of the molecule is COCC(CCCCCSc1ccc(F)cc1F)n1cnc2c(N)nc(C)c(C)c21. The van der Waals surface area contributed by atoms with E-state index >= 15 is 0 Å². The quantitative estimate of drug-likeness (QED) is 0.340. The molecule has 0 bridgehead atoms. The van der Waals surface area contributed by atoms with Crippen LogP contribution in [0.2, 0.25) is 0 Å². The van der Waals surface area contributed by atoms with Crippen molar-refractivity contribution in [2.75, 3.05) is 25.2 Å². The van der Waals surface area contributed by atoms with E-state index in [4.69, 9.17) is 10.5 Å². The summed E-state index contributed by atoms with van der Waals surface area (Å²) in [6.07, 6.45) is 5.76. The Kier molecular flexibility index (Phi) is 7.66. The molecule has 1 atom stereocenters. The molecule has 2 heterocycles. The highest BCUT2D eigenvalue weighted by atomic mass is 32.2. The lowest BCUT2D eigenvalue weighted by atomic mass is 10.1. The Morgan fingerprint density at radius 1 is 1.20 bits per heavy atom. The molecule has 0 radical (unpaired) electrons. The molecule has 3 rings (SSSR count). The maximum Gasteiger partial charge on any atom is 0.151 e. The van der Waals surface area contributed by atoms with Gasteiger partial charge >= 0.3 is 0 Å². The summed E-state index contributed by atoms with van der Waals surface area (Å²) in [5.74, 6) is 0.210. The van der Waals surface area contributed by atoms with Gasteiger partial charge in [0.25, 0.3) is 0 Å². The third kappa shape index (κ3) is 5.10. The average molecular weight is 435 g/mol. The summed E-state index contributed by atoms with van der Waals surface area (Å²) in [7, 11) is 1.70. The predicted octanol–water partition coefficient (Wildman–Crippen LogP) is 5.45. The molecule has 0 aliphatic heterocycles.